The molecule has 1 aliphatic carbocycles. The molecule has 2 atom stereocenters. The van der Waals surface area contributed by atoms with Crippen molar-refractivity contribution in [2.24, 2.45) is 0 Å². The van der Waals surface area contributed by atoms with Crippen molar-refractivity contribution in [3.8, 4) is 0 Å². The van der Waals surface area contributed by atoms with Crippen molar-refractivity contribution in [3.63, 3.8) is 0 Å². The maximum absolute atomic E-state index is 12.3. The number of ether oxygens (including phenoxy) is 1. The molecule has 0 saturated carbocycles. The van der Waals surface area contributed by atoms with E-state index in [1.54, 1.807) is 19.9 Å². The van der Waals surface area contributed by atoms with E-state index >= 15 is 0 Å². The van der Waals surface area contributed by atoms with Crippen molar-refractivity contribution in [2.75, 3.05) is 13.2 Å². The molecule has 0 heterocycles. The summed E-state index contributed by atoms with van der Waals surface area (Å²) in [5.41, 5.74) is 0. The molecule has 0 bridgehead atoms. The summed E-state index contributed by atoms with van der Waals surface area (Å²) in [5.74, 6) is -0.296. The molecule has 0 spiro atoms. The Kier molecular flexibility index (Phi) is 6.72. The zero-order valence-corrected chi connectivity index (χ0v) is 12.5. The van der Waals surface area contributed by atoms with Crippen LogP contribution in [0.2, 0.25) is 0 Å². The average molecular weight is 291 g/mol. The Morgan fingerprint density at radius 3 is 2.32 bits per heavy atom. The summed E-state index contributed by atoms with van der Waals surface area (Å²) < 4.78 is 27.7. The lowest BCUT2D eigenvalue weighted by atomic mass is 10.0. The van der Waals surface area contributed by atoms with Crippen LogP contribution in [0.15, 0.2) is 12.2 Å². The van der Waals surface area contributed by atoms with Crippen molar-refractivity contribution in [2.45, 2.75) is 45.8 Å². The first-order chi connectivity index (χ1) is 8.99. The van der Waals surface area contributed by atoms with E-state index in [4.69, 9.17) is 13.8 Å². The molecule has 0 saturated heterocycles. The number of hydrogen-bond acceptors (Lipinski definition) is 5. The Hall–Kier alpha value is -0.680. The number of hydrogen-bond donors (Lipinski definition) is 1. The van der Waals surface area contributed by atoms with Crippen molar-refractivity contribution >= 4 is 13.7 Å². The molecular formula is C12H22NO5P. The van der Waals surface area contributed by atoms with E-state index in [0.717, 1.165) is 0 Å². The van der Waals surface area contributed by atoms with Gasteiger partial charge in [-0.1, -0.05) is 6.08 Å². The van der Waals surface area contributed by atoms with Crippen LogP contribution >= 0.6 is 7.75 Å². The van der Waals surface area contributed by atoms with Crippen LogP contribution in [0.1, 0.15) is 33.6 Å². The highest BCUT2D eigenvalue weighted by Gasteiger charge is 2.28. The van der Waals surface area contributed by atoms with Gasteiger partial charge < -0.3 is 4.74 Å². The first kappa shape index (κ1) is 16.4. The van der Waals surface area contributed by atoms with Crippen molar-refractivity contribution in [1.29, 1.82) is 0 Å². The van der Waals surface area contributed by atoms with Gasteiger partial charge in [0, 0.05) is 13.0 Å². The van der Waals surface area contributed by atoms with E-state index in [0.29, 0.717) is 26.1 Å². The Bertz CT molecular complexity index is 361. The first-order valence-electron chi connectivity index (χ1n) is 6.51. The number of carbonyl (C=O) groups is 1. The van der Waals surface area contributed by atoms with Crippen LogP contribution in [0.5, 0.6) is 0 Å². The molecule has 0 radical (unpaired) electrons. The minimum Gasteiger partial charge on any atom is -0.458 e. The van der Waals surface area contributed by atoms with E-state index in [-0.39, 0.29) is 18.1 Å². The molecule has 0 aromatic heterocycles. The maximum atomic E-state index is 12.3. The van der Waals surface area contributed by atoms with Crippen LogP contribution in [0.4, 0.5) is 0 Å². The van der Waals surface area contributed by atoms with Gasteiger partial charge in [-0.3, -0.25) is 13.8 Å². The van der Waals surface area contributed by atoms with Crippen LogP contribution in [-0.4, -0.2) is 31.3 Å². The van der Waals surface area contributed by atoms with Crippen LogP contribution in [-0.2, 0) is 23.1 Å². The SMILES string of the molecule is CCOP(=O)(N[C@@H]1C=C[C@H](OC(C)=O)CC1)OCC. The van der Waals surface area contributed by atoms with Gasteiger partial charge in [-0.2, -0.15) is 0 Å². The van der Waals surface area contributed by atoms with E-state index in [9.17, 15) is 9.36 Å². The highest BCUT2D eigenvalue weighted by molar-refractivity contribution is 7.51. The van der Waals surface area contributed by atoms with Gasteiger partial charge in [0.05, 0.1) is 13.2 Å². The van der Waals surface area contributed by atoms with Crippen molar-refractivity contribution in [1.82, 2.24) is 5.09 Å². The number of nitrogens with one attached hydrogen (secondary N) is 1. The summed E-state index contributed by atoms with van der Waals surface area (Å²) in [6, 6.07) is -0.101. The summed E-state index contributed by atoms with van der Waals surface area (Å²) in [6.45, 7) is 5.55. The summed E-state index contributed by atoms with van der Waals surface area (Å²) in [4.78, 5) is 10.8. The fourth-order valence-electron chi connectivity index (χ4n) is 1.87. The summed E-state index contributed by atoms with van der Waals surface area (Å²) in [7, 11) is -3.24. The second-order valence-electron chi connectivity index (χ2n) is 4.18. The van der Waals surface area contributed by atoms with Gasteiger partial charge in [0.2, 0.25) is 0 Å². The smallest absolute Gasteiger partial charge is 0.405 e. The van der Waals surface area contributed by atoms with E-state index in [2.05, 4.69) is 5.09 Å². The average Bonchev–Trinajstić information content (AvgIpc) is 2.31. The second kappa shape index (κ2) is 7.80. The fraction of sp³-hybridized carbons (Fsp3) is 0.750. The third-order valence-corrected chi connectivity index (χ3v) is 4.40. The molecule has 1 rings (SSSR count). The first-order valence-corrected chi connectivity index (χ1v) is 8.05. The molecule has 0 aliphatic heterocycles. The summed E-state index contributed by atoms with van der Waals surface area (Å²) in [5, 5.41) is 2.89. The third-order valence-electron chi connectivity index (χ3n) is 2.56. The number of rotatable bonds is 7. The molecular weight excluding hydrogens is 269 g/mol. The Morgan fingerprint density at radius 2 is 1.89 bits per heavy atom. The summed E-state index contributed by atoms with van der Waals surface area (Å²) >= 11 is 0. The van der Waals surface area contributed by atoms with Crippen molar-refractivity contribution < 1.29 is 23.1 Å². The quantitative estimate of drug-likeness (QED) is 0.441. The lowest BCUT2D eigenvalue weighted by Crippen LogP contribution is -2.31. The molecule has 7 heteroatoms. The monoisotopic (exact) mass is 291 g/mol. The molecule has 0 fully saturated rings. The number of carbonyl (C=O) groups excluding carboxylic acids is 1. The van der Waals surface area contributed by atoms with Gasteiger partial charge in [-0.05, 0) is 32.8 Å². The van der Waals surface area contributed by atoms with Crippen LogP contribution < -0.4 is 5.09 Å². The normalized spacial score (nSPS) is 23.3. The second-order valence-corrected chi connectivity index (χ2v) is 5.95. The Morgan fingerprint density at radius 1 is 1.26 bits per heavy atom. The standard InChI is InChI=1S/C12H22NO5P/c1-4-16-19(15,17-5-2)13-11-6-8-12(9-7-11)18-10(3)14/h6,8,11-12H,4-5,7,9H2,1-3H3,(H,13,15)/t11-,12+/m1/s1. The molecule has 0 unspecified atom stereocenters. The highest BCUT2D eigenvalue weighted by Crippen LogP contribution is 2.44. The molecule has 1 N–H and O–H groups in total. The van der Waals surface area contributed by atoms with Gasteiger partial charge in [-0.15, -0.1) is 0 Å². The van der Waals surface area contributed by atoms with Gasteiger partial charge in [0.1, 0.15) is 6.10 Å². The zero-order valence-electron chi connectivity index (χ0n) is 11.6. The molecule has 110 valence electrons. The highest BCUT2D eigenvalue weighted by atomic mass is 31.2. The van der Waals surface area contributed by atoms with Crippen LogP contribution in [0.25, 0.3) is 0 Å². The molecule has 0 aromatic carbocycles. The molecule has 1 aliphatic rings. The minimum absolute atomic E-state index is 0.101. The van der Waals surface area contributed by atoms with Crippen LogP contribution in [0.3, 0.4) is 0 Å². The lowest BCUT2D eigenvalue weighted by molar-refractivity contribution is -0.144. The van der Waals surface area contributed by atoms with Gasteiger partial charge in [0.15, 0.2) is 0 Å². The van der Waals surface area contributed by atoms with Gasteiger partial charge in [-0.25, -0.2) is 9.65 Å². The van der Waals surface area contributed by atoms with Gasteiger partial charge >= 0.3 is 13.7 Å². The topological polar surface area (TPSA) is 73.9 Å². The largest absolute Gasteiger partial charge is 0.458 e. The third kappa shape index (κ3) is 5.87. The van der Waals surface area contributed by atoms with Crippen molar-refractivity contribution in [3.05, 3.63) is 12.2 Å². The zero-order chi connectivity index (χ0) is 14.3. The number of esters is 1. The summed E-state index contributed by atoms with van der Waals surface area (Å²) in [6.07, 6.45) is 4.83. The van der Waals surface area contributed by atoms with Crippen LogP contribution in [0, 0.1) is 0 Å². The predicted molar refractivity (Wildman–Crippen MR) is 71.7 cm³/mol. The Labute approximate surface area is 114 Å². The van der Waals surface area contributed by atoms with Gasteiger partial charge in [0.25, 0.3) is 0 Å². The Balaban J connectivity index is 2.54. The molecule has 6 nitrogen and oxygen atoms in total. The maximum Gasteiger partial charge on any atom is 0.405 e. The van der Waals surface area contributed by atoms with E-state index in [1.165, 1.54) is 6.92 Å². The molecule has 0 aromatic rings. The van der Waals surface area contributed by atoms with E-state index < -0.39 is 7.75 Å². The lowest BCUT2D eigenvalue weighted by Gasteiger charge is -2.26. The molecule has 19 heavy (non-hydrogen) atoms. The minimum atomic E-state index is -3.24. The fourth-order valence-corrected chi connectivity index (χ4v) is 3.39. The van der Waals surface area contributed by atoms with E-state index in [1.807, 2.05) is 6.08 Å². The molecule has 0 amide bonds. The predicted octanol–water partition coefficient (Wildman–Crippen LogP) is 2.41.